The van der Waals surface area contributed by atoms with Gasteiger partial charge >= 0.3 is 0 Å². The van der Waals surface area contributed by atoms with Crippen LogP contribution in [0.25, 0.3) is 0 Å². The van der Waals surface area contributed by atoms with Gasteiger partial charge in [0.05, 0.1) is 19.8 Å². The number of carbonyl (C=O) groups is 2. The number of para-hydroxylation sites is 1. The zero-order chi connectivity index (χ0) is 24.1. The van der Waals surface area contributed by atoms with E-state index in [1.165, 1.54) is 0 Å². The Morgan fingerprint density at radius 1 is 1.00 bits per heavy atom. The van der Waals surface area contributed by atoms with Crippen LogP contribution in [0.1, 0.15) is 10.4 Å². The number of piperazine rings is 1. The highest BCUT2D eigenvalue weighted by Crippen LogP contribution is 2.31. The lowest BCUT2D eigenvalue weighted by Gasteiger charge is -2.32. The molecule has 0 aliphatic carbocycles. The topological polar surface area (TPSA) is 104 Å². The van der Waals surface area contributed by atoms with Gasteiger partial charge in [0.2, 0.25) is 0 Å². The van der Waals surface area contributed by atoms with E-state index in [-0.39, 0.29) is 12.5 Å². The van der Waals surface area contributed by atoms with E-state index < -0.39 is 0 Å². The van der Waals surface area contributed by atoms with Gasteiger partial charge in [-0.3, -0.25) is 9.59 Å². The first kappa shape index (κ1) is 26.0. The number of aldehydes is 1. The SMILES string of the molecule is COc1cccc(C(=O)N2CCN(C)CC2)c1OC.NCCOc1cccc(OCC=O)c1. The lowest BCUT2D eigenvalue weighted by atomic mass is 10.1. The maximum absolute atomic E-state index is 12.5. The Bertz CT molecular complexity index is 884. The molecule has 0 unspecified atom stereocenters. The zero-order valence-electron chi connectivity index (χ0n) is 19.5. The van der Waals surface area contributed by atoms with Crippen molar-refractivity contribution < 1.29 is 28.5 Å². The van der Waals surface area contributed by atoms with Crippen LogP contribution in [-0.4, -0.2) is 89.2 Å². The molecule has 3 rings (SSSR count). The third kappa shape index (κ3) is 7.96. The number of nitrogens with two attached hydrogens (primary N) is 1. The second kappa shape index (κ2) is 14.0. The molecule has 0 radical (unpaired) electrons. The number of ether oxygens (including phenoxy) is 4. The lowest BCUT2D eigenvalue weighted by molar-refractivity contribution is -0.109. The summed E-state index contributed by atoms with van der Waals surface area (Å²) in [5.74, 6) is 2.41. The van der Waals surface area contributed by atoms with Gasteiger partial charge in [0, 0.05) is 38.8 Å². The molecule has 0 atom stereocenters. The summed E-state index contributed by atoms with van der Waals surface area (Å²) < 4.78 is 20.9. The maximum atomic E-state index is 12.5. The predicted octanol–water partition coefficient (Wildman–Crippen LogP) is 1.69. The Balaban J connectivity index is 0.000000245. The van der Waals surface area contributed by atoms with Crippen LogP contribution in [0.4, 0.5) is 0 Å². The Morgan fingerprint density at radius 3 is 2.27 bits per heavy atom. The van der Waals surface area contributed by atoms with Crippen LogP contribution in [0.15, 0.2) is 42.5 Å². The molecule has 1 saturated heterocycles. The van der Waals surface area contributed by atoms with Gasteiger partial charge in [-0.15, -0.1) is 0 Å². The van der Waals surface area contributed by atoms with Crippen LogP contribution in [0.5, 0.6) is 23.0 Å². The molecule has 0 saturated carbocycles. The zero-order valence-corrected chi connectivity index (χ0v) is 19.5. The number of methoxy groups -OCH3 is 2. The summed E-state index contributed by atoms with van der Waals surface area (Å²) in [6.45, 7) is 4.29. The summed E-state index contributed by atoms with van der Waals surface area (Å²) in [5.41, 5.74) is 5.85. The van der Waals surface area contributed by atoms with Gasteiger partial charge in [0.1, 0.15) is 24.7 Å². The van der Waals surface area contributed by atoms with Crippen molar-refractivity contribution in [1.82, 2.24) is 9.80 Å². The number of hydrogen-bond acceptors (Lipinski definition) is 8. The molecule has 0 aromatic heterocycles. The maximum Gasteiger partial charge on any atom is 0.257 e. The smallest absolute Gasteiger partial charge is 0.257 e. The number of amides is 1. The largest absolute Gasteiger partial charge is 0.493 e. The number of nitrogens with zero attached hydrogens (tertiary/aromatic N) is 2. The summed E-state index contributed by atoms with van der Waals surface area (Å²) in [4.78, 5) is 26.7. The lowest BCUT2D eigenvalue weighted by Crippen LogP contribution is -2.47. The van der Waals surface area contributed by atoms with Crippen molar-refractivity contribution in [2.75, 3.05) is 67.2 Å². The monoisotopic (exact) mass is 459 g/mol. The first-order chi connectivity index (χ1) is 16.0. The summed E-state index contributed by atoms with van der Waals surface area (Å²) in [5, 5.41) is 0. The van der Waals surface area contributed by atoms with Crippen molar-refractivity contribution in [2.45, 2.75) is 0 Å². The highest BCUT2D eigenvalue weighted by atomic mass is 16.5. The predicted molar refractivity (Wildman–Crippen MR) is 125 cm³/mol. The van der Waals surface area contributed by atoms with E-state index in [2.05, 4.69) is 11.9 Å². The van der Waals surface area contributed by atoms with Crippen LogP contribution in [-0.2, 0) is 4.79 Å². The second-order valence-corrected chi connectivity index (χ2v) is 7.23. The first-order valence-electron chi connectivity index (χ1n) is 10.7. The Kier molecular flexibility index (Phi) is 11.0. The molecule has 180 valence electrons. The van der Waals surface area contributed by atoms with Crippen LogP contribution >= 0.6 is 0 Å². The van der Waals surface area contributed by atoms with Crippen molar-refractivity contribution >= 4 is 12.2 Å². The molecule has 2 aromatic carbocycles. The molecular formula is C24H33N3O6. The molecule has 9 heteroatoms. The first-order valence-corrected chi connectivity index (χ1v) is 10.7. The van der Waals surface area contributed by atoms with Crippen molar-refractivity contribution in [3.8, 4) is 23.0 Å². The summed E-state index contributed by atoms with van der Waals surface area (Å²) in [7, 11) is 5.19. The van der Waals surface area contributed by atoms with Gasteiger partial charge in [0.25, 0.3) is 5.91 Å². The van der Waals surface area contributed by atoms with Gasteiger partial charge in [-0.25, -0.2) is 0 Å². The van der Waals surface area contributed by atoms with Gasteiger partial charge in [-0.2, -0.15) is 0 Å². The van der Waals surface area contributed by atoms with Crippen LogP contribution < -0.4 is 24.7 Å². The fourth-order valence-corrected chi connectivity index (χ4v) is 3.20. The van der Waals surface area contributed by atoms with Crippen LogP contribution in [0.2, 0.25) is 0 Å². The number of rotatable bonds is 9. The highest BCUT2D eigenvalue weighted by Gasteiger charge is 2.24. The number of benzene rings is 2. The average Bonchev–Trinajstić information content (AvgIpc) is 2.86. The minimum absolute atomic E-state index is 0.00356. The molecule has 1 heterocycles. The van der Waals surface area contributed by atoms with Gasteiger partial charge < -0.3 is 34.5 Å². The molecule has 1 aliphatic rings. The Hall–Kier alpha value is -3.30. The fourth-order valence-electron chi connectivity index (χ4n) is 3.20. The van der Waals surface area contributed by atoms with Crippen LogP contribution in [0.3, 0.4) is 0 Å². The van der Waals surface area contributed by atoms with Gasteiger partial charge in [0.15, 0.2) is 17.8 Å². The van der Waals surface area contributed by atoms with Crippen molar-refractivity contribution in [1.29, 1.82) is 0 Å². The van der Waals surface area contributed by atoms with E-state index in [0.717, 1.165) is 26.2 Å². The highest BCUT2D eigenvalue weighted by molar-refractivity contribution is 5.97. The van der Waals surface area contributed by atoms with E-state index in [9.17, 15) is 9.59 Å². The normalized spacial score (nSPS) is 13.4. The quantitative estimate of drug-likeness (QED) is 0.565. The minimum Gasteiger partial charge on any atom is -0.493 e. The molecule has 1 amide bonds. The molecule has 0 spiro atoms. The van der Waals surface area contributed by atoms with Gasteiger partial charge in [-0.05, 0) is 31.3 Å². The van der Waals surface area contributed by atoms with Crippen molar-refractivity contribution in [3.05, 3.63) is 48.0 Å². The molecule has 2 aromatic rings. The second-order valence-electron chi connectivity index (χ2n) is 7.23. The summed E-state index contributed by atoms with van der Waals surface area (Å²) >= 11 is 0. The minimum atomic E-state index is 0.00356. The number of hydrogen-bond donors (Lipinski definition) is 1. The molecular weight excluding hydrogens is 426 g/mol. The van der Waals surface area contributed by atoms with E-state index in [1.54, 1.807) is 44.6 Å². The van der Waals surface area contributed by atoms with Crippen molar-refractivity contribution in [2.24, 2.45) is 5.73 Å². The Labute approximate surface area is 195 Å². The van der Waals surface area contributed by atoms with E-state index in [1.807, 2.05) is 17.0 Å². The fraction of sp³-hybridized carbons (Fsp3) is 0.417. The molecule has 2 N–H and O–H groups in total. The number of carbonyl (C=O) groups excluding carboxylic acids is 2. The molecule has 1 fully saturated rings. The summed E-state index contributed by atoms with van der Waals surface area (Å²) in [6, 6.07) is 12.5. The molecule has 1 aliphatic heterocycles. The number of likely N-dealkylation sites (N-methyl/N-ethyl adjacent to an activating group) is 1. The van der Waals surface area contributed by atoms with Crippen molar-refractivity contribution in [3.63, 3.8) is 0 Å². The van der Waals surface area contributed by atoms with E-state index >= 15 is 0 Å². The van der Waals surface area contributed by atoms with Gasteiger partial charge in [-0.1, -0.05) is 12.1 Å². The third-order valence-electron chi connectivity index (χ3n) is 4.93. The summed E-state index contributed by atoms with van der Waals surface area (Å²) in [6.07, 6.45) is 0.702. The van der Waals surface area contributed by atoms with E-state index in [4.69, 9.17) is 24.7 Å². The third-order valence-corrected chi connectivity index (χ3v) is 4.93. The Morgan fingerprint density at radius 2 is 1.67 bits per heavy atom. The van der Waals surface area contributed by atoms with Crippen LogP contribution in [0, 0.1) is 0 Å². The molecule has 0 bridgehead atoms. The molecule has 9 nitrogen and oxygen atoms in total. The molecule has 33 heavy (non-hydrogen) atoms. The average molecular weight is 460 g/mol. The van der Waals surface area contributed by atoms with E-state index in [0.29, 0.717) is 48.0 Å². The standard InChI is InChI=1S/C14H20N2O3.C10H13NO3/c1-15-7-9-16(10-8-15)14(17)11-5-4-6-12(18-2)13(11)19-3;11-4-6-13-9-2-1-3-10(8-9)14-7-5-12/h4-6H,7-10H2,1-3H3;1-3,5,8H,4,6-7,11H2.